The number of halogens is 3. The number of benzene rings is 2. The highest BCUT2D eigenvalue weighted by atomic mass is 19.4. The predicted molar refractivity (Wildman–Crippen MR) is 101 cm³/mol. The molecule has 0 saturated carbocycles. The second-order valence-corrected chi connectivity index (χ2v) is 7.37. The molecular formula is C22H22F3NO3. The maximum absolute atomic E-state index is 13.3. The van der Waals surface area contributed by atoms with E-state index >= 15 is 0 Å². The second kappa shape index (κ2) is 7.71. The quantitative estimate of drug-likeness (QED) is 0.707. The molecule has 2 heterocycles. The molecule has 2 aliphatic rings. The molecule has 29 heavy (non-hydrogen) atoms. The van der Waals surface area contributed by atoms with E-state index in [1.807, 2.05) is 30.3 Å². The van der Waals surface area contributed by atoms with Crippen molar-refractivity contribution in [3.05, 3.63) is 65.2 Å². The van der Waals surface area contributed by atoms with Crippen molar-refractivity contribution >= 4 is 11.7 Å². The van der Waals surface area contributed by atoms with Crippen LogP contribution in [0.5, 0.6) is 0 Å². The van der Waals surface area contributed by atoms with Gasteiger partial charge in [0.15, 0.2) is 6.10 Å². The first kappa shape index (κ1) is 19.8. The minimum absolute atomic E-state index is 0.0981. The molecule has 1 saturated heterocycles. The molecule has 4 nitrogen and oxygen atoms in total. The maximum Gasteiger partial charge on any atom is 0.416 e. The third-order valence-corrected chi connectivity index (χ3v) is 5.59. The molecule has 2 aromatic carbocycles. The highest BCUT2D eigenvalue weighted by molar-refractivity contribution is 5.75. The lowest BCUT2D eigenvalue weighted by molar-refractivity contribution is -0.171. The van der Waals surface area contributed by atoms with Gasteiger partial charge in [-0.15, -0.1) is 0 Å². The normalized spacial score (nSPS) is 26.1. The summed E-state index contributed by atoms with van der Waals surface area (Å²) >= 11 is 0. The Labute approximate surface area is 167 Å². The standard InChI is InChI=1S/C22H22F3NO3/c1-2-28-21(27)18-11-9-15-19(13-6-4-3-5-7-13)26-17-10-8-14(22(23,24)25)12-16(17)20(15)29-18/h3-8,10,12,15,18-20,26H,2,9,11H2,1H3/t15-,18+,19-,20-/m0/s1. The molecule has 0 bridgehead atoms. The van der Waals surface area contributed by atoms with Crippen LogP contribution in [-0.2, 0) is 20.4 Å². The first-order valence-electron chi connectivity index (χ1n) is 9.73. The summed E-state index contributed by atoms with van der Waals surface area (Å²) in [6.45, 7) is 1.94. The van der Waals surface area contributed by atoms with Crippen LogP contribution in [0.1, 0.15) is 48.6 Å². The molecule has 4 atom stereocenters. The monoisotopic (exact) mass is 405 g/mol. The molecule has 1 N–H and O–H groups in total. The number of carbonyl (C=O) groups excluding carboxylic acids is 1. The first-order chi connectivity index (χ1) is 13.9. The van der Waals surface area contributed by atoms with E-state index in [-0.39, 0.29) is 18.6 Å². The van der Waals surface area contributed by atoms with Crippen molar-refractivity contribution in [2.45, 2.75) is 44.2 Å². The Bertz CT molecular complexity index is 885. The molecule has 7 heteroatoms. The van der Waals surface area contributed by atoms with Crippen molar-refractivity contribution in [1.82, 2.24) is 0 Å². The Balaban J connectivity index is 1.74. The van der Waals surface area contributed by atoms with Crippen molar-refractivity contribution in [1.29, 1.82) is 0 Å². The highest BCUT2D eigenvalue weighted by Gasteiger charge is 2.45. The average molecular weight is 405 g/mol. The number of fused-ring (bicyclic) bond motifs is 3. The largest absolute Gasteiger partial charge is 0.464 e. The van der Waals surface area contributed by atoms with E-state index < -0.39 is 29.9 Å². The summed E-state index contributed by atoms with van der Waals surface area (Å²) in [6, 6.07) is 13.3. The van der Waals surface area contributed by atoms with E-state index in [2.05, 4.69) is 5.32 Å². The zero-order valence-electron chi connectivity index (χ0n) is 15.9. The topological polar surface area (TPSA) is 47.6 Å². The number of alkyl halides is 3. The molecule has 2 aromatic rings. The molecular weight excluding hydrogens is 383 g/mol. The Morgan fingerprint density at radius 3 is 2.62 bits per heavy atom. The van der Waals surface area contributed by atoms with Gasteiger partial charge in [-0.2, -0.15) is 13.2 Å². The van der Waals surface area contributed by atoms with Gasteiger partial charge in [-0.1, -0.05) is 30.3 Å². The van der Waals surface area contributed by atoms with Crippen molar-refractivity contribution in [2.24, 2.45) is 5.92 Å². The number of hydrogen-bond acceptors (Lipinski definition) is 4. The third kappa shape index (κ3) is 3.83. The fourth-order valence-electron chi connectivity index (χ4n) is 4.27. The minimum atomic E-state index is -4.45. The zero-order chi connectivity index (χ0) is 20.6. The van der Waals surface area contributed by atoms with Gasteiger partial charge in [-0.3, -0.25) is 0 Å². The molecule has 0 amide bonds. The molecule has 0 unspecified atom stereocenters. The zero-order valence-corrected chi connectivity index (χ0v) is 15.9. The summed E-state index contributed by atoms with van der Waals surface area (Å²) < 4.78 is 51.0. The van der Waals surface area contributed by atoms with Crippen molar-refractivity contribution in [2.75, 3.05) is 11.9 Å². The number of anilines is 1. The first-order valence-corrected chi connectivity index (χ1v) is 9.73. The van der Waals surface area contributed by atoms with Gasteiger partial charge >= 0.3 is 12.1 Å². The summed E-state index contributed by atoms with van der Waals surface area (Å²) in [5.41, 5.74) is 1.34. The summed E-state index contributed by atoms with van der Waals surface area (Å²) in [4.78, 5) is 12.2. The lowest BCUT2D eigenvalue weighted by Crippen LogP contribution is -2.42. The Hall–Kier alpha value is -2.54. The average Bonchev–Trinajstić information content (AvgIpc) is 2.72. The van der Waals surface area contributed by atoms with Gasteiger partial charge in [0.25, 0.3) is 0 Å². The summed E-state index contributed by atoms with van der Waals surface area (Å²) in [6.07, 6.45) is -4.74. The Morgan fingerprint density at radius 2 is 1.93 bits per heavy atom. The third-order valence-electron chi connectivity index (χ3n) is 5.59. The molecule has 2 aliphatic heterocycles. The van der Waals surface area contributed by atoms with Gasteiger partial charge < -0.3 is 14.8 Å². The van der Waals surface area contributed by atoms with E-state index in [0.29, 0.717) is 24.1 Å². The Morgan fingerprint density at radius 1 is 1.17 bits per heavy atom. The SMILES string of the molecule is CCOC(=O)[C@H]1CC[C@@H]2[C@H](O1)c1cc(C(F)(F)F)ccc1N[C@H]2c1ccccc1. The second-order valence-electron chi connectivity index (χ2n) is 7.37. The van der Waals surface area contributed by atoms with Crippen LogP contribution in [0, 0.1) is 5.92 Å². The van der Waals surface area contributed by atoms with Crippen molar-refractivity contribution in [3.63, 3.8) is 0 Å². The van der Waals surface area contributed by atoms with Gasteiger partial charge in [0.05, 0.1) is 24.3 Å². The van der Waals surface area contributed by atoms with Gasteiger partial charge in [0, 0.05) is 17.2 Å². The lowest BCUT2D eigenvalue weighted by atomic mass is 9.76. The van der Waals surface area contributed by atoms with E-state index in [1.54, 1.807) is 6.92 Å². The molecule has 0 aromatic heterocycles. The van der Waals surface area contributed by atoms with Gasteiger partial charge in [0.1, 0.15) is 0 Å². The van der Waals surface area contributed by atoms with Crippen LogP contribution >= 0.6 is 0 Å². The molecule has 0 radical (unpaired) electrons. The van der Waals surface area contributed by atoms with Crippen LogP contribution in [0.4, 0.5) is 18.9 Å². The number of ether oxygens (including phenoxy) is 2. The Kier molecular flexibility index (Phi) is 5.25. The van der Waals surface area contributed by atoms with Crippen LogP contribution in [-0.4, -0.2) is 18.7 Å². The van der Waals surface area contributed by atoms with Crippen LogP contribution in [0.2, 0.25) is 0 Å². The van der Waals surface area contributed by atoms with Gasteiger partial charge in [-0.25, -0.2) is 4.79 Å². The summed E-state index contributed by atoms with van der Waals surface area (Å²) in [5.74, 6) is -0.562. The number of carbonyl (C=O) groups is 1. The van der Waals surface area contributed by atoms with Crippen LogP contribution in [0.25, 0.3) is 0 Å². The lowest BCUT2D eigenvalue weighted by Gasteiger charge is -2.45. The maximum atomic E-state index is 13.3. The summed E-state index contributed by atoms with van der Waals surface area (Å²) in [7, 11) is 0. The number of rotatable bonds is 3. The molecule has 0 aliphatic carbocycles. The van der Waals surface area contributed by atoms with Crippen LogP contribution in [0.15, 0.2) is 48.5 Å². The smallest absolute Gasteiger partial charge is 0.416 e. The number of hydrogen-bond donors (Lipinski definition) is 1. The van der Waals surface area contributed by atoms with Crippen molar-refractivity contribution in [3.8, 4) is 0 Å². The predicted octanol–water partition coefficient (Wildman–Crippen LogP) is 5.27. The molecule has 1 fully saturated rings. The van der Waals surface area contributed by atoms with E-state index in [1.165, 1.54) is 6.07 Å². The number of esters is 1. The minimum Gasteiger partial charge on any atom is -0.464 e. The van der Waals surface area contributed by atoms with E-state index in [4.69, 9.17) is 9.47 Å². The molecule has 0 spiro atoms. The van der Waals surface area contributed by atoms with E-state index in [9.17, 15) is 18.0 Å². The fourth-order valence-corrected chi connectivity index (χ4v) is 4.27. The van der Waals surface area contributed by atoms with Crippen LogP contribution < -0.4 is 5.32 Å². The summed E-state index contributed by atoms with van der Waals surface area (Å²) in [5, 5.41) is 3.40. The van der Waals surface area contributed by atoms with Crippen LogP contribution in [0.3, 0.4) is 0 Å². The van der Waals surface area contributed by atoms with Crippen molar-refractivity contribution < 1.29 is 27.4 Å². The van der Waals surface area contributed by atoms with Gasteiger partial charge in [0.2, 0.25) is 0 Å². The molecule has 154 valence electrons. The number of nitrogens with one attached hydrogen (secondary N) is 1. The fraction of sp³-hybridized carbons (Fsp3) is 0.409. The van der Waals surface area contributed by atoms with E-state index in [0.717, 1.165) is 17.7 Å². The highest BCUT2D eigenvalue weighted by Crippen LogP contribution is 2.51. The molecule has 4 rings (SSSR count). The van der Waals surface area contributed by atoms with Gasteiger partial charge in [-0.05, 0) is 43.5 Å².